The lowest BCUT2D eigenvalue weighted by Crippen LogP contribution is -2.37. The predicted molar refractivity (Wildman–Crippen MR) is 114 cm³/mol. The van der Waals surface area contributed by atoms with Crippen molar-refractivity contribution in [3.05, 3.63) is 65.7 Å². The molecule has 1 heterocycles. The van der Waals surface area contributed by atoms with E-state index in [2.05, 4.69) is 32.6 Å². The molecular formula is C22H26N4OS. The molecule has 6 heteroatoms. The van der Waals surface area contributed by atoms with Gasteiger partial charge in [-0.3, -0.25) is 9.89 Å². The quantitative estimate of drug-likeness (QED) is 0.556. The van der Waals surface area contributed by atoms with E-state index in [1.807, 2.05) is 63.2 Å². The summed E-state index contributed by atoms with van der Waals surface area (Å²) in [6.07, 6.45) is 1.86. The average Bonchev–Trinajstić information content (AvgIpc) is 3.16. The normalized spacial score (nSPS) is 13.1. The molecule has 2 atom stereocenters. The zero-order chi connectivity index (χ0) is 19.9. The highest BCUT2D eigenvalue weighted by Crippen LogP contribution is 2.23. The van der Waals surface area contributed by atoms with Gasteiger partial charge in [0.2, 0.25) is 11.1 Å². The topological polar surface area (TPSA) is 70.7 Å². The second-order valence-corrected chi connectivity index (χ2v) is 8.33. The molecular weight excluding hydrogens is 368 g/mol. The summed E-state index contributed by atoms with van der Waals surface area (Å²) in [6, 6.07) is 18.5. The van der Waals surface area contributed by atoms with Crippen molar-refractivity contribution in [1.82, 2.24) is 20.5 Å². The first kappa shape index (κ1) is 20.1. The Labute approximate surface area is 170 Å². The Bertz CT molecular complexity index is 892. The van der Waals surface area contributed by atoms with Gasteiger partial charge in [0.25, 0.3) is 0 Å². The molecule has 1 amide bonds. The lowest BCUT2D eigenvalue weighted by molar-refractivity contribution is -0.120. The van der Waals surface area contributed by atoms with Gasteiger partial charge in [0.1, 0.15) is 0 Å². The number of rotatable bonds is 8. The standard InChI is InChI=1S/C22H26N4OS/c1-15-9-13-19(14-10-15)20-24-22(26-25-20)28-17(3)21(27)23-16(2)11-12-18-7-5-4-6-8-18/h4-10,13-14,16-17H,11-12H2,1-3H3,(H,23,27)(H,24,25,26)/t16-,17+/m0/s1. The van der Waals surface area contributed by atoms with Gasteiger partial charge in [0.15, 0.2) is 5.82 Å². The number of aromatic nitrogens is 3. The minimum Gasteiger partial charge on any atom is -0.353 e. The van der Waals surface area contributed by atoms with Crippen molar-refractivity contribution in [3.8, 4) is 11.4 Å². The van der Waals surface area contributed by atoms with Gasteiger partial charge in [-0.15, -0.1) is 5.10 Å². The number of amides is 1. The molecule has 2 N–H and O–H groups in total. The zero-order valence-electron chi connectivity index (χ0n) is 16.5. The number of carbonyl (C=O) groups excluding carboxylic acids is 1. The molecule has 0 unspecified atom stereocenters. The minimum atomic E-state index is -0.263. The fourth-order valence-electron chi connectivity index (χ4n) is 2.81. The Morgan fingerprint density at radius 1 is 1.11 bits per heavy atom. The number of thioether (sulfide) groups is 1. The predicted octanol–water partition coefficient (Wildman–Crippen LogP) is 4.40. The molecule has 28 heavy (non-hydrogen) atoms. The summed E-state index contributed by atoms with van der Waals surface area (Å²) in [6.45, 7) is 5.97. The largest absolute Gasteiger partial charge is 0.353 e. The molecule has 0 radical (unpaired) electrons. The van der Waals surface area contributed by atoms with Crippen LogP contribution in [-0.4, -0.2) is 32.4 Å². The van der Waals surface area contributed by atoms with E-state index in [0.717, 1.165) is 18.4 Å². The molecule has 5 nitrogen and oxygen atoms in total. The molecule has 0 spiro atoms. The van der Waals surface area contributed by atoms with Crippen molar-refractivity contribution in [2.24, 2.45) is 0 Å². The van der Waals surface area contributed by atoms with E-state index < -0.39 is 0 Å². The molecule has 3 aromatic rings. The molecule has 0 fully saturated rings. The second kappa shape index (κ2) is 9.55. The Kier molecular flexibility index (Phi) is 6.87. The second-order valence-electron chi connectivity index (χ2n) is 7.03. The van der Waals surface area contributed by atoms with Crippen LogP contribution in [0.2, 0.25) is 0 Å². The van der Waals surface area contributed by atoms with Crippen LogP contribution in [0.3, 0.4) is 0 Å². The summed E-state index contributed by atoms with van der Waals surface area (Å²) in [5.74, 6) is 0.721. The number of nitrogens with one attached hydrogen (secondary N) is 2. The van der Waals surface area contributed by atoms with Crippen LogP contribution in [0.15, 0.2) is 59.8 Å². The van der Waals surface area contributed by atoms with E-state index in [-0.39, 0.29) is 17.2 Å². The third-order valence-electron chi connectivity index (χ3n) is 4.54. The number of H-pyrrole nitrogens is 1. The van der Waals surface area contributed by atoms with Crippen LogP contribution in [0, 0.1) is 6.92 Å². The fourth-order valence-corrected chi connectivity index (χ4v) is 3.55. The highest BCUT2D eigenvalue weighted by atomic mass is 32.2. The molecule has 3 rings (SSSR count). The van der Waals surface area contributed by atoms with E-state index in [1.165, 1.54) is 22.9 Å². The summed E-state index contributed by atoms with van der Waals surface area (Å²) < 4.78 is 0. The summed E-state index contributed by atoms with van der Waals surface area (Å²) in [5, 5.41) is 10.6. The number of benzene rings is 2. The van der Waals surface area contributed by atoms with E-state index in [9.17, 15) is 4.79 Å². The van der Waals surface area contributed by atoms with Crippen LogP contribution in [0.1, 0.15) is 31.4 Å². The first-order valence-electron chi connectivity index (χ1n) is 9.51. The third-order valence-corrected chi connectivity index (χ3v) is 5.50. The first-order chi connectivity index (χ1) is 13.5. The van der Waals surface area contributed by atoms with E-state index >= 15 is 0 Å². The summed E-state index contributed by atoms with van der Waals surface area (Å²) >= 11 is 1.36. The van der Waals surface area contributed by atoms with Crippen molar-refractivity contribution >= 4 is 17.7 Å². The maximum Gasteiger partial charge on any atom is 0.233 e. The Morgan fingerprint density at radius 2 is 1.82 bits per heavy atom. The Morgan fingerprint density at radius 3 is 2.54 bits per heavy atom. The molecule has 146 valence electrons. The van der Waals surface area contributed by atoms with Crippen molar-refractivity contribution in [3.63, 3.8) is 0 Å². The number of aromatic amines is 1. The monoisotopic (exact) mass is 394 g/mol. The van der Waals surface area contributed by atoms with Crippen LogP contribution in [0.4, 0.5) is 0 Å². The Hall–Kier alpha value is -2.60. The first-order valence-corrected chi connectivity index (χ1v) is 10.4. The molecule has 0 bridgehead atoms. The number of carbonyl (C=O) groups is 1. The van der Waals surface area contributed by atoms with Gasteiger partial charge < -0.3 is 5.32 Å². The highest BCUT2D eigenvalue weighted by molar-refractivity contribution is 8.00. The Balaban J connectivity index is 1.49. The fraction of sp³-hybridized carbons (Fsp3) is 0.318. The van der Waals surface area contributed by atoms with Crippen LogP contribution in [-0.2, 0) is 11.2 Å². The van der Waals surface area contributed by atoms with Gasteiger partial charge in [-0.05, 0) is 39.2 Å². The maximum absolute atomic E-state index is 12.5. The SMILES string of the molecule is Cc1ccc(-c2nc(S[C@H](C)C(=O)N[C@@H](C)CCc3ccccc3)n[nH]2)cc1. The molecule has 0 aliphatic rings. The van der Waals surface area contributed by atoms with Crippen molar-refractivity contribution in [2.75, 3.05) is 0 Å². The average molecular weight is 395 g/mol. The number of aryl methyl sites for hydroxylation is 2. The van der Waals surface area contributed by atoms with E-state index in [0.29, 0.717) is 11.0 Å². The lowest BCUT2D eigenvalue weighted by atomic mass is 10.1. The van der Waals surface area contributed by atoms with E-state index in [1.54, 1.807) is 0 Å². The molecule has 0 saturated heterocycles. The van der Waals surface area contributed by atoms with Crippen LogP contribution < -0.4 is 5.32 Å². The molecule has 0 aliphatic heterocycles. The van der Waals surface area contributed by atoms with Gasteiger partial charge in [0, 0.05) is 11.6 Å². The van der Waals surface area contributed by atoms with Gasteiger partial charge in [-0.1, -0.05) is 71.9 Å². The van der Waals surface area contributed by atoms with E-state index in [4.69, 9.17) is 0 Å². The van der Waals surface area contributed by atoms with Crippen LogP contribution in [0.5, 0.6) is 0 Å². The smallest absolute Gasteiger partial charge is 0.233 e. The van der Waals surface area contributed by atoms with Crippen LogP contribution in [0.25, 0.3) is 11.4 Å². The van der Waals surface area contributed by atoms with Crippen molar-refractivity contribution in [1.29, 1.82) is 0 Å². The molecule has 2 aromatic carbocycles. The summed E-state index contributed by atoms with van der Waals surface area (Å²) in [4.78, 5) is 17.0. The maximum atomic E-state index is 12.5. The van der Waals surface area contributed by atoms with Crippen molar-refractivity contribution in [2.45, 2.75) is 50.1 Å². The van der Waals surface area contributed by atoms with Crippen molar-refractivity contribution < 1.29 is 4.79 Å². The van der Waals surface area contributed by atoms with Gasteiger partial charge in [-0.25, -0.2) is 4.98 Å². The molecule has 0 aliphatic carbocycles. The molecule has 0 saturated carbocycles. The third kappa shape index (κ3) is 5.70. The minimum absolute atomic E-state index is 0.00671. The van der Waals surface area contributed by atoms with Gasteiger partial charge in [-0.2, -0.15) is 0 Å². The number of hydrogen-bond donors (Lipinski definition) is 2. The molecule has 1 aromatic heterocycles. The van der Waals surface area contributed by atoms with Crippen LogP contribution >= 0.6 is 11.8 Å². The lowest BCUT2D eigenvalue weighted by Gasteiger charge is -2.16. The number of hydrogen-bond acceptors (Lipinski definition) is 4. The summed E-state index contributed by atoms with van der Waals surface area (Å²) in [5.41, 5.74) is 3.47. The highest BCUT2D eigenvalue weighted by Gasteiger charge is 2.19. The van der Waals surface area contributed by atoms with Gasteiger partial charge in [0.05, 0.1) is 5.25 Å². The number of nitrogens with zero attached hydrogens (tertiary/aromatic N) is 2. The zero-order valence-corrected chi connectivity index (χ0v) is 17.3. The summed E-state index contributed by atoms with van der Waals surface area (Å²) in [7, 11) is 0. The van der Waals surface area contributed by atoms with Gasteiger partial charge >= 0.3 is 0 Å².